The van der Waals surface area contributed by atoms with Gasteiger partial charge in [-0.15, -0.1) is 0 Å². The van der Waals surface area contributed by atoms with Crippen molar-refractivity contribution in [3.63, 3.8) is 0 Å². The highest BCUT2D eigenvalue weighted by atomic mass is 127. The van der Waals surface area contributed by atoms with Crippen LogP contribution in [0.4, 0.5) is 0 Å². The molecule has 0 aliphatic rings. The average molecular weight is 301 g/mol. The zero-order valence-corrected chi connectivity index (χ0v) is 10.8. The SMILES string of the molecule is CC(C)=CCNCc1ccc(I)cc1. The van der Waals surface area contributed by atoms with E-state index in [2.05, 4.69) is 72.1 Å². The Bertz CT molecular complexity index is 297. The second-order valence-electron chi connectivity index (χ2n) is 3.54. The van der Waals surface area contributed by atoms with Crippen LogP contribution >= 0.6 is 22.6 Å². The van der Waals surface area contributed by atoms with Gasteiger partial charge < -0.3 is 5.32 Å². The van der Waals surface area contributed by atoms with Crippen LogP contribution < -0.4 is 5.32 Å². The minimum atomic E-state index is 0.945. The molecule has 0 atom stereocenters. The van der Waals surface area contributed by atoms with Gasteiger partial charge in [-0.3, -0.25) is 0 Å². The van der Waals surface area contributed by atoms with Crippen LogP contribution in [0.5, 0.6) is 0 Å². The van der Waals surface area contributed by atoms with Gasteiger partial charge in [0.1, 0.15) is 0 Å². The molecule has 1 rings (SSSR count). The van der Waals surface area contributed by atoms with E-state index in [0.717, 1.165) is 13.1 Å². The molecule has 0 aliphatic carbocycles. The Hall–Kier alpha value is -0.350. The molecule has 14 heavy (non-hydrogen) atoms. The molecule has 0 fully saturated rings. The Morgan fingerprint density at radius 1 is 1.29 bits per heavy atom. The molecule has 1 aromatic carbocycles. The van der Waals surface area contributed by atoms with Gasteiger partial charge in [0.15, 0.2) is 0 Å². The maximum atomic E-state index is 3.37. The summed E-state index contributed by atoms with van der Waals surface area (Å²) in [6, 6.07) is 8.60. The summed E-state index contributed by atoms with van der Waals surface area (Å²) in [4.78, 5) is 0. The normalized spacial score (nSPS) is 9.93. The zero-order valence-electron chi connectivity index (χ0n) is 8.68. The van der Waals surface area contributed by atoms with Crippen LogP contribution in [0, 0.1) is 3.57 Å². The number of rotatable bonds is 4. The topological polar surface area (TPSA) is 12.0 Å². The Labute approximate surface area is 99.7 Å². The molecule has 0 amide bonds. The highest BCUT2D eigenvalue weighted by molar-refractivity contribution is 14.1. The van der Waals surface area contributed by atoms with Crippen LogP contribution in [0.1, 0.15) is 19.4 Å². The lowest BCUT2D eigenvalue weighted by atomic mass is 10.2. The van der Waals surface area contributed by atoms with Crippen molar-refractivity contribution >= 4 is 22.6 Å². The van der Waals surface area contributed by atoms with E-state index in [1.54, 1.807) is 0 Å². The summed E-state index contributed by atoms with van der Waals surface area (Å²) in [6.45, 7) is 6.13. The number of hydrogen-bond donors (Lipinski definition) is 1. The van der Waals surface area contributed by atoms with Crippen molar-refractivity contribution < 1.29 is 0 Å². The molecule has 1 aromatic rings. The van der Waals surface area contributed by atoms with Gasteiger partial charge in [-0.05, 0) is 54.1 Å². The Kier molecular flexibility index (Phi) is 5.19. The average Bonchev–Trinajstić information content (AvgIpc) is 2.15. The van der Waals surface area contributed by atoms with Crippen molar-refractivity contribution in [1.29, 1.82) is 0 Å². The van der Waals surface area contributed by atoms with E-state index in [1.807, 2.05) is 0 Å². The first-order chi connectivity index (χ1) is 6.68. The second kappa shape index (κ2) is 6.19. The monoisotopic (exact) mass is 301 g/mol. The first-order valence-electron chi connectivity index (χ1n) is 4.77. The Morgan fingerprint density at radius 3 is 2.50 bits per heavy atom. The third kappa shape index (κ3) is 4.77. The van der Waals surface area contributed by atoms with Crippen LogP contribution in [0.2, 0.25) is 0 Å². The zero-order chi connectivity index (χ0) is 10.4. The third-order valence-electron chi connectivity index (χ3n) is 1.90. The van der Waals surface area contributed by atoms with Crippen molar-refractivity contribution in [3.8, 4) is 0 Å². The third-order valence-corrected chi connectivity index (χ3v) is 2.62. The maximum Gasteiger partial charge on any atom is 0.0208 e. The lowest BCUT2D eigenvalue weighted by Gasteiger charge is -2.02. The quantitative estimate of drug-likeness (QED) is 0.511. The van der Waals surface area contributed by atoms with Crippen LogP contribution in [0.25, 0.3) is 0 Å². The summed E-state index contributed by atoms with van der Waals surface area (Å²) in [5.74, 6) is 0. The molecule has 0 saturated heterocycles. The summed E-state index contributed by atoms with van der Waals surface area (Å²) in [7, 11) is 0. The van der Waals surface area contributed by atoms with E-state index >= 15 is 0 Å². The maximum absolute atomic E-state index is 3.37. The van der Waals surface area contributed by atoms with E-state index in [9.17, 15) is 0 Å². The fourth-order valence-corrected chi connectivity index (χ4v) is 1.45. The van der Waals surface area contributed by atoms with Gasteiger partial charge in [-0.25, -0.2) is 0 Å². The Balaban J connectivity index is 2.32. The minimum absolute atomic E-state index is 0.945. The van der Waals surface area contributed by atoms with Crippen LogP contribution in [0.3, 0.4) is 0 Å². The van der Waals surface area contributed by atoms with Gasteiger partial charge in [-0.1, -0.05) is 23.8 Å². The second-order valence-corrected chi connectivity index (χ2v) is 4.78. The predicted octanol–water partition coefficient (Wildman–Crippen LogP) is 3.35. The lowest BCUT2D eigenvalue weighted by molar-refractivity contribution is 0.757. The summed E-state index contributed by atoms with van der Waals surface area (Å²) >= 11 is 2.32. The molecule has 0 bridgehead atoms. The van der Waals surface area contributed by atoms with Gasteiger partial charge >= 0.3 is 0 Å². The number of allylic oxidation sites excluding steroid dienone is 1. The fourth-order valence-electron chi connectivity index (χ4n) is 1.10. The van der Waals surface area contributed by atoms with Crippen LogP contribution in [-0.2, 0) is 6.54 Å². The van der Waals surface area contributed by atoms with Crippen molar-refractivity contribution in [2.45, 2.75) is 20.4 Å². The largest absolute Gasteiger partial charge is 0.309 e. The van der Waals surface area contributed by atoms with Crippen LogP contribution in [0.15, 0.2) is 35.9 Å². The summed E-state index contributed by atoms with van der Waals surface area (Å²) in [5, 5.41) is 3.37. The molecule has 0 aromatic heterocycles. The molecule has 0 heterocycles. The van der Waals surface area contributed by atoms with E-state index < -0.39 is 0 Å². The molecule has 0 aliphatic heterocycles. The van der Waals surface area contributed by atoms with Crippen molar-refractivity contribution in [2.24, 2.45) is 0 Å². The number of benzene rings is 1. The molecule has 0 unspecified atom stereocenters. The van der Waals surface area contributed by atoms with E-state index in [-0.39, 0.29) is 0 Å². The number of nitrogens with one attached hydrogen (secondary N) is 1. The lowest BCUT2D eigenvalue weighted by Crippen LogP contribution is -2.12. The molecular weight excluding hydrogens is 285 g/mol. The summed E-state index contributed by atoms with van der Waals surface area (Å²) in [5.41, 5.74) is 2.70. The van der Waals surface area contributed by atoms with Gasteiger partial charge in [0.05, 0.1) is 0 Å². The molecule has 0 radical (unpaired) electrons. The molecule has 1 N–H and O–H groups in total. The first-order valence-corrected chi connectivity index (χ1v) is 5.85. The molecule has 76 valence electrons. The highest BCUT2D eigenvalue weighted by Crippen LogP contribution is 2.06. The molecule has 0 saturated carbocycles. The minimum Gasteiger partial charge on any atom is -0.309 e. The number of halogens is 1. The molecule has 0 spiro atoms. The van der Waals surface area contributed by atoms with Gasteiger partial charge in [0, 0.05) is 16.7 Å². The van der Waals surface area contributed by atoms with E-state index in [4.69, 9.17) is 0 Å². The standard InChI is InChI=1S/C12H16IN/c1-10(2)7-8-14-9-11-3-5-12(13)6-4-11/h3-7,14H,8-9H2,1-2H3. The Morgan fingerprint density at radius 2 is 1.93 bits per heavy atom. The summed E-state index contributed by atoms with van der Waals surface area (Å²) in [6.07, 6.45) is 2.20. The molecular formula is C12H16IN. The van der Waals surface area contributed by atoms with Crippen molar-refractivity contribution in [2.75, 3.05) is 6.54 Å². The van der Waals surface area contributed by atoms with Crippen LogP contribution in [-0.4, -0.2) is 6.54 Å². The fraction of sp³-hybridized carbons (Fsp3) is 0.333. The van der Waals surface area contributed by atoms with Gasteiger partial charge in [-0.2, -0.15) is 0 Å². The van der Waals surface area contributed by atoms with Gasteiger partial charge in [0.2, 0.25) is 0 Å². The molecule has 1 nitrogen and oxygen atoms in total. The predicted molar refractivity (Wildman–Crippen MR) is 70.3 cm³/mol. The highest BCUT2D eigenvalue weighted by Gasteiger charge is 1.90. The molecule has 2 heteroatoms. The smallest absolute Gasteiger partial charge is 0.0208 e. The van der Waals surface area contributed by atoms with E-state index in [1.165, 1.54) is 14.7 Å². The van der Waals surface area contributed by atoms with Crippen molar-refractivity contribution in [3.05, 3.63) is 45.0 Å². The van der Waals surface area contributed by atoms with E-state index in [0.29, 0.717) is 0 Å². The summed E-state index contributed by atoms with van der Waals surface area (Å²) < 4.78 is 1.29. The van der Waals surface area contributed by atoms with Crippen molar-refractivity contribution in [1.82, 2.24) is 5.32 Å². The number of hydrogen-bond acceptors (Lipinski definition) is 1. The van der Waals surface area contributed by atoms with Gasteiger partial charge in [0.25, 0.3) is 0 Å². The first kappa shape index (κ1) is 11.7.